The van der Waals surface area contributed by atoms with Gasteiger partial charge in [-0.25, -0.2) is 0 Å². The molecule has 106 valence electrons. The summed E-state index contributed by atoms with van der Waals surface area (Å²) in [5.41, 5.74) is 9.43. The molecule has 1 aliphatic rings. The van der Waals surface area contributed by atoms with E-state index in [2.05, 4.69) is 13.0 Å². The van der Waals surface area contributed by atoms with Gasteiger partial charge in [-0.2, -0.15) is 0 Å². The third-order valence-corrected chi connectivity index (χ3v) is 3.93. The zero-order chi connectivity index (χ0) is 14.0. The summed E-state index contributed by atoms with van der Waals surface area (Å²) in [6.07, 6.45) is 0.863. The van der Waals surface area contributed by atoms with Gasteiger partial charge in [0.05, 0.1) is 27.4 Å². The highest BCUT2D eigenvalue weighted by Crippen LogP contribution is 2.40. The van der Waals surface area contributed by atoms with Crippen LogP contribution < -0.4 is 15.2 Å². The fourth-order valence-electron chi connectivity index (χ4n) is 2.57. The minimum absolute atomic E-state index is 0.0566. The molecule has 4 nitrogen and oxygen atoms in total. The molecule has 0 bridgehead atoms. The van der Waals surface area contributed by atoms with E-state index in [4.69, 9.17) is 19.9 Å². The van der Waals surface area contributed by atoms with Crippen LogP contribution in [0.5, 0.6) is 11.5 Å². The lowest BCUT2D eigenvalue weighted by Gasteiger charge is -2.27. The average Bonchev–Trinajstić information content (AvgIpc) is 2.44. The van der Waals surface area contributed by atoms with Gasteiger partial charge in [0.1, 0.15) is 11.5 Å². The van der Waals surface area contributed by atoms with Crippen LogP contribution in [0.4, 0.5) is 0 Å². The first kappa shape index (κ1) is 14.2. The van der Waals surface area contributed by atoms with Crippen molar-refractivity contribution >= 4 is 0 Å². The van der Waals surface area contributed by atoms with E-state index >= 15 is 0 Å². The maximum Gasteiger partial charge on any atom is 0.128 e. The Bertz CT molecular complexity index is 457. The number of methoxy groups -OCH3 is 2. The van der Waals surface area contributed by atoms with Crippen LogP contribution >= 0.6 is 0 Å². The van der Waals surface area contributed by atoms with Crippen LogP contribution in [0, 0.1) is 0 Å². The van der Waals surface area contributed by atoms with Crippen molar-refractivity contribution in [2.75, 3.05) is 20.8 Å². The van der Waals surface area contributed by atoms with Crippen LogP contribution in [0.25, 0.3) is 0 Å². The van der Waals surface area contributed by atoms with Crippen molar-refractivity contribution in [1.29, 1.82) is 0 Å². The van der Waals surface area contributed by atoms with E-state index < -0.39 is 0 Å². The maximum atomic E-state index is 6.03. The van der Waals surface area contributed by atoms with Crippen molar-refractivity contribution in [3.8, 4) is 11.5 Å². The first-order chi connectivity index (χ1) is 9.10. The Morgan fingerprint density at radius 3 is 2.53 bits per heavy atom. The van der Waals surface area contributed by atoms with Gasteiger partial charge in [0.2, 0.25) is 0 Å². The van der Waals surface area contributed by atoms with Crippen molar-refractivity contribution in [3.05, 3.63) is 22.8 Å². The Balaban J connectivity index is 2.60. The minimum Gasteiger partial charge on any atom is -0.496 e. The zero-order valence-corrected chi connectivity index (χ0v) is 12.2. The molecule has 4 heteroatoms. The smallest absolute Gasteiger partial charge is 0.128 e. The van der Waals surface area contributed by atoms with Crippen LogP contribution in [0.2, 0.25) is 0 Å². The van der Waals surface area contributed by atoms with E-state index in [1.807, 2.05) is 6.92 Å². The second-order valence-electron chi connectivity index (χ2n) is 5.11. The molecule has 0 aliphatic carbocycles. The van der Waals surface area contributed by atoms with Gasteiger partial charge in [-0.3, -0.25) is 0 Å². The zero-order valence-electron chi connectivity index (χ0n) is 12.2. The molecule has 0 spiro atoms. The van der Waals surface area contributed by atoms with E-state index in [1.54, 1.807) is 14.2 Å². The topological polar surface area (TPSA) is 53.7 Å². The Kier molecular flexibility index (Phi) is 4.32. The van der Waals surface area contributed by atoms with Crippen molar-refractivity contribution < 1.29 is 14.2 Å². The molecule has 1 aromatic carbocycles. The number of rotatable bonds is 4. The first-order valence-corrected chi connectivity index (χ1v) is 6.70. The van der Waals surface area contributed by atoms with Gasteiger partial charge >= 0.3 is 0 Å². The highest BCUT2D eigenvalue weighted by Gasteiger charge is 2.25. The lowest BCUT2D eigenvalue weighted by atomic mass is 9.88. The molecule has 0 saturated heterocycles. The lowest BCUT2D eigenvalue weighted by molar-refractivity contribution is 0.107. The summed E-state index contributed by atoms with van der Waals surface area (Å²) in [6.45, 7) is 5.42. The Morgan fingerprint density at radius 2 is 1.95 bits per heavy atom. The van der Waals surface area contributed by atoms with E-state index in [1.165, 1.54) is 5.56 Å². The van der Waals surface area contributed by atoms with Crippen LogP contribution in [-0.2, 0) is 17.8 Å². The van der Waals surface area contributed by atoms with Crippen molar-refractivity contribution in [1.82, 2.24) is 0 Å². The van der Waals surface area contributed by atoms with Gasteiger partial charge in [0, 0.05) is 22.7 Å². The summed E-state index contributed by atoms with van der Waals surface area (Å²) < 4.78 is 16.7. The molecule has 2 rings (SSSR count). The molecule has 1 aromatic rings. The molecule has 0 fully saturated rings. The van der Waals surface area contributed by atoms with E-state index in [0.29, 0.717) is 6.61 Å². The molecule has 0 unspecified atom stereocenters. The molecular weight excluding hydrogens is 242 g/mol. The Labute approximate surface area is 114 Å². The fraction of sp³-hybridized carbons (Fsp3) is 0.600. The lowest BCUT2D eigenvalue weighted by Crippen LogP contribution is -2.24. The first-order valence-electron chi connectivity index (χ1n) is 6.70. The molecule has 1 aliphatic heterocycles. The molecule has 0 saturated carbocycles. The summed E-state index contributed by atoms with van der Waals surface area (Å²) in [5.74, 6) is 2.03. The fourth-order valence-corrected chi connectivity index (χ4v) is 2.57. The van der Waals surface area contributed by atoms with Gasteiger partial charge < -0.3 is 19.9 Å². The van der Waals surface area contributed by atoms with E-state index in [0.717, 1.165) is 35.7 Å². The van der Waals surface area contributed by atoms with E-state index in [-0.39, 0.29) is 12.0 Å². The predicted molar refractivity (Wildman–Crippen MR) is 75.0 cm³/mol. The minimum atomic E-state index is 0.0566. The highest BCUT2D eigenvalue weighted by atomic mass is 16.5. The normalized spacial score (nSPS) is 17.5. The van der Waals surface area contributed by atoms with Crippen molar-refractivity contribution in [2.24, 2.45) is 5.73 Å². The average molecular weight is 265 g/mol. The molecule has 1 heterocycles. The molecule has 0 amide bonds. The van der Waals surface area contributed by atoms with Gasteiger partial charge in [-0.1, -0.05) is 6.92 Å². The number of hydrogen-bond acceptors (Lipinski definition) is 4. The molecule has 0 radical (unpaired) electrons. The summed E-state index contributed by atoms with van der Waals surface area (Å²) >= 11 is 0. The molecular formula is C15H23NO3. The molecule has 0 aromatic heterocycles. The monoisotopic (exact) mass is 265 g/mol. The summed E-state index contributed by atoms with van der Waals surface area (Å²) in [4.78, 5) is 0. The largest absolute Gasteiger partial charge is 0.496 e. The standard InChI is InChI=1S/C15H23NO3/c1-9(10(2)16)12-7-14(17-3)11-5-6-19-8-13(11)15(12)18-4/h7,9-10H,5-6,8,16H2,1-4H3/t9-,10-/m1/s1. The van der Waals surface area contributed by atoms with Crippen LogP contribution in [-0.4, -0.2) is 26.9 Å². The summed E-state index contributed by atoms with van der Waals surface area (Å²) in [6, 6.07) is 2.12. The van der Waals surface area contributed by atoms with Crippen molar-refractivity contribution in [2.45, 2.75) is 38.8 Å². The second-order valence-corrected chi connectivity index (χ2v) is 5.11. The Hall–Kier alpha value is -1.26. The Morgan fingerprint density at radius 1 is 1.21 bits per heavy atom. The predicted octanol–water partition coefficient (Wildman–Crippen LogP) is 2.23. The van der Waals surface area contributed by atoms with Gasteiger partial charge in [-0.15, -0.1) is 0 Å². The molecule has 2 atom stereocenters. The van der Waals surface area contributed by atoms with E-state index in [9.17, 15) is 0 Å². The quantitative estimate of drug-likeness (QED) is 0.907. The second kappa shape index (κ2) is 5.80. The number of ether oxygens (including phenoxy) is 3. The maximum absolute atomic E-state index is 6.03. The summed E-state index contributed by atoms with van der Waals surface area (Å²) in [7, 11) is 3.41. The third-order valence-electron chi connectivity index (χ3n) is 3.93. The van der Waals surface area contributed by atoms with Crippen molar-refractivity contribution in [3.63, 3.8) is 0 Å². The van der Waals surface area contributed by atoms with Gasteiger partial charge in [-0.05, 0) is 25.3 Å². The van der Waals surface area contributed by atoms with Crippen LogP contribution in [0.15, 0.2) is 6.07 Å². The van der Waals surface area contributed by atoms with Gasteiger partial charge in [0.15, 0.2) is 0 Å². The van der Waals surface area contributed by atoms with Crippen LogP contribution in [0.3, 0.4) is 0 Å². The number of benzene rings is 1. The SMILES string of the molecule is COc1cc([C@H](C)[C@@H](C)N)c(OC)c2c1CCOC2. The van der Waals surface area contributed by atoms with Gasteiger partial charge in [0.25, 0.3) is 0 Å². The molecule has 19 heavy (non-hydrogen) atoms. The third kappa shape index (κ3) is 2.55. The molecule has 2 N–H and O–H groups in total. The van der Waals surface area contributed by atoms with Crippen LogP contribution in [0.1, 0.15) is 36.5 Å². The number of nitrogens with two attached hydrogens (primary N) is 1. The highest BCUT2D eigenvalue weighted by molar-refractivity contribution is 5.55. The number of fused-ring (bicyclic) bond motifs is 1. The summed E-state index contributed by atoms with van der Waals surface area (Å²) in [5, 5.41) is 0. The number of hydrogen-bond donors (Lipinski definition) is 1.